The molecule has 0 fully saturated rings. The first-order valence-electron chi connectivity index (χ1n) is 13.1. The number of carbonyl (C=O) groups excluding carboxylic acids is 1. The summed E-state index contributed by atoms with van der Waals surface area (Å²) in [6.45, 7) is 0.292. The molecule has 0 saturated carbocycles. The molecule has 0 bridgehead atoms. The monoisotopic (exact) mass is 647 g/mol. The second-order valence-electron chi connectivity index (χ2n) is 9.71. The number of nitrogens with one attached hydrogen (secondary N) is 1. The number of benzene rings is 4. The van der Waals surface area contributed by atoms with Crippen LogP contribution in [0.5, 0.6) is 5.75 Å². The molecular weight excluding hydrogens is 625 g/mol. The molecule has 1 amide bonds. The Morgan fingerprint density at radius 3 is 2.41 bits per heavy atom. The van der Waals surface area contributed by atoms with Gasteiger partial charge in [-0.15, -0.1) is 0 Å². The van der Waals surface area contributed by atoms with Gasteiger partial charge in [0, 0.05) is 23.1 Å². The largest absolute Gasteiger partial charge is 0.497 e. The lowest BCUT2D eigenvalue weighted by atomic mass is 9.85. The normalized spacial score (nSPS) is 16.6. The fourth-order valence-electron chi connectivity index (χ4n) is 4.74. The van der Waals surface area contributed by atoms with Crippen LogP contribution in [0.2, 0.25) is 10.0 Å². The first-order valence-corrected chi connectivity index (χ1v) is 13.8. The van der Waals surface area contributed by atoms with Gasteiger partial charge in [-0.2, -0.15) is 13.2 Å². The highest BCUT2D eigenvalue weighted by Gasteiger charge is 2.62. The standard InChI is InChI=1S/C31H23Cl2F4N3O4/c1-42-20-8-6-18(7-9-20)17-43-39-13-12-38-29(41)24-11-10-23(21-4-2-3-5-22(21)24)27-16-30(44-40-27,31(35,36)37)19-14-25(32)28(34)26(33)15-19/h2-11,13-15H,12,16-17H2,1H3,(H,38,41). The maximum atomic E-state index is 14.5. The average molecular weight is 648 g/mol. The molecule has 1 unspecified atom stereocenters. The predicted molar refractivity (Wildman–Crippen MR) is 159 cm³/mol. The summed E-state index contributed by atoms with van der Waals surface area (Å²) in [6, 6.07) is 18.7. The minimum atomic E-state index is -4.96. The smallest absolute Gasteiger partial charge is 0.435 e. The van der Waals surface area contributed by atoms with Crippen LogP contribution in [0.25, 0.3) is 10.8 Å². The molecule has 1 N–H and O–H groups in total. The van der Waals surface area contributed by atoms with Crippen LogP contribution >= 0.6 is 23.2 Å². The van der Waals surface area contributed by atoms with Crippen LogP contribution in [0.3, 0.4) is 0 Å². The van der Waals surface area contributed by atoms with Crippen molar-refractivity contribution in [1.82, 2.24) is 5.32 Å². The van der Waals surface area contributed by atoms with Gasteiger partial charge in [-0.3, -0.25) is 4.79 Å². The first-order chi connectivity index (χ1) is 21.0. The Balaban J connectivity index is 1.31. The first kappa shape index (κ1) is 31.1. The summed E-state index contributed by atoms with van der Waals surface area (Å²) in [5.41, 5.74) is -1.96. The third-order valence-corrected chi connectivity index (χ3v) is 7.56. The number of hydrogen-bond donors (Lipinski definition) is 1. The van der Waals surface area contributed by atoms with Crippen LogP contribution in [-0.2, 0) is 21.9 Å². The Labute approximate surface area is 259 Å². The third-order valence-electron chi connectivity index (χ3n) is 7.01. The summed E-state index contributed by atoms with van der Waals surface area (Å²) in [5, 5.41) is 10.2. The van der Waals surface area contributed by atoms with Crippen LogP contribution in [0.1, 0.15) is 33.5 Å². The quantitative estimate of drug-likeness (QED) is 0.0869. The van der Waals surface area contributed by atoms with Crippen LogP contribution in [-0.4, -0.2) is 37.7 Å². The van der Waals surface area contributed by atoms with Gasteiger partial charge < -0.3 is 19.7 Å². The van der Waals surface area contributed by atoms with Gasteiger partial charge in [0.2, 0.25) is 0 Å². The second kappa shape index (κ2) is 12.7. The third kappa shape index (κ3) is 6.15. The Bertz CT molecular complexity index is 1740. The number of halogens is 6. The molecule has 1 aliphatic rings. The van der Waals surface area contributed by atoms with Crippen molar-refractivity contribution in [2.75, 3.05) is 13.7 Å². The van der Waals surface area contributed by atoms with E-state index in [1.165, 1.54) is 18.3 Å². The lowest BCUT2D eigenvalue weighted by Crippen LogP contribution is -2.42. The Morgan fingerprint density at radius 2 is 1.75 bits per heavy atom. The van der Waals surface area contributed by atoms with E-state index in [0.29, 0.717) is 16.3 Å². The van der Waals surface area contributed by atoms with Crippen molar-refractivity contribution in [3.05, 3.63) is 111 Å². The molecule has 1 atom stereocenters. The zero-order chi connectivity index (χ0) is 31.5. The van der Waals surface area contributed by atoms with Crippen molar-refractivity contribution >= 4 is 51.8 Å². The van der Waals surface area contributed by atoms with Crippen molar-refractivity contribution in [3.8, 4) is 5.75 Å². The number of hydrogen-bond acceptors (Lipinski definition) is 6. The summed E-state index contributed by atoms with van der Waals surface area (Å²) in [6.07, 6.45) is -4.30. The van der Waals surface area contributed by atoms with Crippen LogP contribution in [0.15, 0.2) is 83.1 Å². The van der Waals surface area contributed by atoms with Crippen molar-refractivity contribution in [2.24, 2.45) is 10.3 Å². The number of nitrogens with zero attached hydrogens (tertiary/aromatic N) is 2. The maximum absolute atomic E-state index is 14.5. The molecule has 228 valence electrons. The van der Waals surface area contributed by atoms with E-state index in [9.17, 15) is 22.4 Å². The van der Waals surface area contributed by atoms with E-state index < -0.39 is 45.5 Å². The SMILES string of the molecule is COc1ccc(CON=CCNC(=O)c2ccc(C3=NOC(c4cc(Cl)c(F)c(Cl)c4)(C(F)(F)F)C3)c3ccccc23)cc1. The molecule has 0 aliphatic carbocycles. The fourth-order valence-corrected chi connectivity index (χ4v) is 5.23. The molecule has 1 heterocycles. The van der Waals surface area contributed by atoms with Gasteiger partial charge in [0.25, 0.3) is 11.5 Å². The Hall–Kier alpha value is -4.35. The van der Waals surface area contributed by atoms with Crippen molar-refractivity contribution in [2.45, 2.75) is 24.8 Å². The van der Waals surface area contributed by atoms with E-state index in [1.807, 2.05) is 12.1 Å². The lowest BCUT2D eigenvalue weighted by Gasteiger charge is -2.29. The van der Waals surface area contributed by atoms with E-state index in [0.717, 1.165) is 23.4 Å². The molecular formula is C31H23Cl2F4N3O4. The van der Waals surface area contributed by atoms with E-state index in [2.05, 4.69) is 15.6 Å². The molecule has 0 spiro atoms. The molecule has 0 saturated heterocycles. The molecule has 44 heavy (non-hydrogen) atoms. The second-order valence-corrected chi connectivity index (χ2v) is 10.5. The van der Waals surface area contributed by atoms with Crippen LogP contribution in [0, 0.1) is 5.82 Å². The zero-order valence-corrected chi connectivity index (χ0v) is 24.4. The lowest BCUT2D eigenvalue weighted by molar-refractivity contribution is -0.275. The highest BCUT2D eigenvalue weighted by atomic mass is 35.5. The molecule has 4 aromatic rings. The van der Waals surface area contributed by atoms with Crippen LogP contribution in [0.4, 0.5) is 17.6 Å². The molecule has 1 aliphatic heterocycles. The summed E-state index contributed by atoms with van der Waals surface area (Å²) < 4.78 is 62.6. The highest BCUT2D eigenvalue weighted by molar-refractivity contribution is 6.35. The van der Waals surface area contributed by atoms with Gasteiger partial charge in [0.15, 0.2) is 5.82 Å². The van der Waals surface area contributed by atoms with Crippen LogP contribution < -0.4 is 10.1 Å². The van der Waals surface area contributed by atoms with Crippen molar-refractivity contribution in [1.29, 1.82) is 0 Å². The molecule has 13 heteroatoms. The van der Waals surface area contributed by atoms with Crippen molar-refractivity contribution in [3.63, 3.8) is 0 Å². The zero-order valence-electron chi connectivity index (χ0n) is 22.9. The Morgan fingerprint density at radius 1 is 1.07 bits per heavy atom. The van der Waals surface area contributed by atoms with E-state index >= 15 is 0 Å². The Kier molecular flexibility index (Phi) is 8.98. The highest BCUT2D eigenvalue weighted by Crippen LogP contribution is 2.50. The topological polar surface area (TPSA) is 81.5 Å². The summed E-state index contributed by atoms with van der Waals surface area (Å²) in [7, 11) is 1.58. The minimum Gasteiger partial charge on any atom is -0.497 e. The number of fused-ring (bicyclic) bond motifs is 1. The number of amides is 1. The molecule has 5 rings (SSSR count). The summed E-state index contributed by atoms with van der Waals surface area (Å²) in [5.74, 6) is -0.750. The van der Waals surface area contributed by atoms with Gasteiger partial charge in [-0.25, -0.2) is 4.39 Å². The van der Waals surface area contributed by atoms with Gasteiger partial charge in [-0.1, -0.05) is 76.0 Å². The predicted octanol–water partition coefficient (Wildman–Crippen LogP) is 7.81. The van der Waals surface area contributed by atoms with Crippen molar-refractivity contribution < 1.29 is 36.8 Å². The minimum absolute atomic E-state index is 0.0248. The van der Waals surface area contributed by atoms with Gasteiger partial charge in [-0.05, 0) is 46.7 Å². The van der Waals surface area contributed by atoms with E-state index in [1.54, 1.807) is 43.5 Å². The number of alkyl halides is 3. The molecule has 7 nitrogen and oxygen atoms in total. The molecule has 0 radical (unpaired) electrons. The average Bonchev–Trinajstić information content (AvgIpc) is 3.48. The van der Waals surface area contributed by atoms with Gasteiger partial charge >= 0.3 is 6.18 Å². The number of rotatable bonds is 9. The number of carbonyl (C=O) groups is 1. The van der Waals surface area contributed by atoms with Gasteiger partial charge in [0.05, 0.1) is 35.6 Å². The summed E-state index contributed by atoms with van der Waals surface area (Å²) >= 11 is 11.6. The fraction of sp³-hybridized carbons (Fsp3) is 0.194. The number of methoxy groups -OCH3 is 1. The molecule has 0 aromatic heterocycles. The number of ether oxygens (including phenoxy) is 1. The molecule has 4 aromatic carbocycles. The van der Waals surface area contributed by atoms with E-state index in [-0.39, 0.29) is 24.4 Å². The number of oxime groups is 2. The van der Waals surface area contributed by atoms with Gasteiger partial charge in [0.1, 0.15) is 12.4 Å². The summed E-state index contributed by atoms with van der Waals surface area (Å²) in [4.78, 5) is 23.4. The maximum Gasteiger partial charge on any atom is 0.435 e. The van der Waals surface area contributed by atoms with E-state index in [4.69, 9.17) is 37.6 Å².